The van der Waals surface area contributed by atoms with Crippen LogP contribution in [-0.2, 0) is 0 Å². The maximum atomic E-state index is 13.6. The van der Waals surface area contributed by atoms with Crippen LogP contribution in [0.5, 0.6) is 11.5 Å². The van der Waals surface area contributed by atoms with E-state index in [1.54, 1.807) is 0 Å². The molecule has 0 amide bonds. The molecule has 2 aliphatic rings. The van der Waals surface area contributed by atoms with Crippen LogP contribution in [-0.4, -0.2) is 12.7 Å². The standard InChI is InChI=1S/C23HF6N7O2/c1-35-8-13-10(5-32)11(6-33)15-17(13)21(38-23(27,28)29)18-14(9(3-30)4-31)19(36-2)12(7-34)16(18)20(15)37-22(24,25)26/h8H/b13-8-. The van der Waals surface area contributed by atoms with Gasteiger partial charge in [0.1, 0.15) is 35.3 Å². The topological polar surface area (TPSA) is 146 Å². The second-order valence-electron chi connectivity index (χ2n) is 6.82. The van der Waals surface area contributed by atoms with Crippen molar-refractivity contribution in [1.29, 1.82) is 26.3 Å². The van der Waals surface area contributed by atoms with Crippen LogP contribution >= 0.6 is 0 Å². The minimum absolute atomic E-state index is 0.441. The quantitative estimate of drug-likeness (QED) is 0.283. The van der Waals surface area contributed by atoms with Crippen molar-refractivity contribution >= 4 is 22.3 Å². The van der Waals surface area contributed by atoms with Gasteiger partial charge in [0.2, 0.25) is 5.70 Å². The molecule has 0 bridgehead atoms. The number of fused-ring (bicyclic) bond motifs is 2. The summed E-state index contributed by atoms with van der Waals surface area (Å²) >= 11 is 0. The first-order valence-electron chi connectivity index (χ1n) is 9.29. The number of alkyl halides is 6. The molecule has 0 aliphatic heterocycles. The number of ether oxygens (including phenoxy) is 2. The molecular weight excluding hydrogens is 520 g/mol. The third-order valence-electron chi connectivity index (χ3n) is 4.97. The summed E-state index contributed by atoms with van der Waals surface area (Å²) in [5, 5.41) is 47.7. The minimum atomic E-state index is -5.61. The van der Waals surface area contributed by atoms with E-state index in [-0.39, 0.29) is 0 Å². The Labute approximate surface area is 207 Å². The fraction of sp³-hybridized carbons (Fsp3) is 0.0870. The highest BCUT2D eigenvalue weighted by Crippen LogP contribution is 2.61. The predicted molar refractivity (Wildman–Crippen MR) is 110 cm³/mol. The van der Waals surface area contributed by atoms with Crippen molar-refractivity contribution in [2.24, 2.45) is 0 Å². The van der Waals surface area contributed by atoms with Crippen molar-refractivity contribution in [1.82, 2.24) is 0 Å². The van der Waals surface area contributed by atoms with E-state index in [4.69, 9.17) is 13.1 Å². The zero-order valence-electron chi connectivity index (χ0n) is 17.8. The first-order valence-corrected chi connectivity index (χ1v) is 9.29. The number of rotatable bonds is 2. The normalized spacial score (nSPS) is 14.7. The summed E-state index contributed by atoms with van der Waals surface area (Å²) in [6.07, 6.45) is -10.8. The maximum absolute atomic E-state index is 13.6. The molecule has 1 aromatic rings. The van der Waals surface area contributed by atoms with Crippen LogP contribution in [0.3, 0.4) is 0 Å². The van der Waals surface area contributed by atoms with E-state index >= 15 is 0 Å². The highest BCUT2D eigenvalue weighted by atomic mass is 19.4. The average Bonchev–Trinajstić information content (AvgIpc) is 3.33. The fourth-order valence-corrected chi connectivity index (χ4v) is 3.88. The van der Waals surface area contributed by atoms with Crippen LogP contribution in [0.25, 0.3) is 32.0 Å². The predicted octanol–water partition coefficient (Wildman–Crippen LogP) is 5.53. The third-order valence-corrected chi connectivity index (χ3v) is 4.97. The first-order chi connectivity index (χ1) is 17.8. The van der Waals surface area contributed by atoms with Crippen molar-refractivity contribution in [2.45, 2.75) is 12.7 Å². The number of allylic oxidation sites excluding steroid dienone is 6. The fourth-order valence-electron chi connectivity index (χ4n) is 3.88. The lowest BCUT2D eigenvalue weighted by Gasteiger charge is -2.23. The number of nitriles is 5. The van der Waals surface area contributed by atoms with Gasteiger partial charge in [0.25, 0.3) is 0 Å². The van der Waals surface area contributed by atoms with Gasteiger partial charge < -0.3 is 9.47 Å². The second-order valence-corrected chi connectivity index (χ2v) is 6.82. The van der Waals surface area contributed by atoms with Gasteiger partial charge in [-0.2, -0.15) is 26.3 Å². The average molecular weight is 521 g/mol. The Kier molecular flexibility index (Phi) is 6.32. The number of halogens is 6. The van der Waals surface area contributed by atoms with Crippen LogP contribution in [0, 0.1) is 69.8 Å². The van der Waals surface area contributed by atoms with E-state index in [0.29, 0.717) is 6.20 Å². The summed E-state index contributed by atoms with van der Waals surface area (Å²) in [6.45, 7) is 14.4. The second kappa shape index (κ2) is 9.10. The van der Waals surface area contributed by atoms with Gasteiger partial charge in [0.05, 0.1) is 42.0 Å². The summed E-state index contributed by atoms with van der Waals surface area (Å²) in [6, 6.07) is 6.77. The van der Waals surface area contributed by atoms with Crippen molar-refractivity contribution in [3.63, 3.8) is 0 Å². The first kappa shape index (κ1) is 26.4. The van der Waals surface area contributed by atoms with Gasteiger partial charge in [-0.15, -0.1) is 26.3 Å². The maximum Gasteiger partial charge on any atom is 0.573 e. The Bertz CT molecular complexity index is 1740. The molecule has 15 heteroatoms. The number of nitrogens with zero attached hydrogens (tertiary/aromatic N) is 7. The van der Waals surface area contributed by atoms with Crippen molar-refractivity contribution in [3.8, 4) is 41.8 Å². The van der Waals surface area contributed by atoms with E-state index in [1.807, 2.05) is 0 Å². The van der Waals surface area contributed by atoms with Crippen LogP contribution in [0.2, 0.25) is 0 Å². The SMILES string of the molecule is [C-]#[N+]/C=C1/C(C#N)=C(C#N)c2c(OC(F)(F)F)c3c(c(OC(F)(F)F)c21)C(=C(C#N)C#N)C([N+]#[C-])=C3C#N. The number of hydrogen-bond acceptors (Lipinski definition) is 7. The molecule has 0 atom stereocenters. The summed E-state index contributed by atoms with van der Waals surface area (Å²) < 4.78 is 89.7. The molecule has 0 unspecified atom stereocenters. The lowest BCUT2D eigenvalue weighted by molar-refractivity contribution is -0.277. The summed E-state index contributed by atoms with van der Waals surface area (Å²) in [4.78, 5) is 5.77. The highest BCUT2D eigenvalue weighted by Gasteiger charge is 2.48. The molecular formula is C23HF6N7O2. The van der Waals surface area contributed by atoms with Gasteiger partial charge >= 0.3 is 12.7 Å². The van der Waals surface area contributed by atoms with Crippen LogP contribution in [0.1, 0.15) is 22.3 Å². The van der Waals surface area contributed by atoms with Gasteiger partial charge in [-0.05, 0) is 0 Å². The largest absolute Gasteiger partial charge is 0.573 e. The van der Waals surface area contributed by atoms with E-state index in [0.717, 1.165) is 0 Å². The van der Waals surface area contributed by atoms with E-state index < -0.39 is 85.6 Å². The Balaban J connectivity index is 2.86. The molecule has 182 valence electrons. The van der Waals surface area contributed by atoms with Gasteiger partial charge in [0.15, 0.2) is 6.20 Å². The molecule has 0 N–H and O–H groups in total. The van der Waals surface area contributed by atoms with Gasteiger partial charge in [-0.1, -0.05) is 0 Å². The highest BCUT2D eigenvalue weighted by molar-refractivity contribution is 6.17. The Morgan fingerprint density at radius 1 is 0.711 bits per heavy atom. The van der Waals surface area contributed by atoms with Crippen molar-refractivity contribution in [3.05, 3.63) is 68.1 Å². The molecule has 0 heterocycles. The van der Waals surface area contributed by atoms with Crippen molar-refractivity contribution in [2.75, 3.05) is 0 Å². The number of hydrogen-bond donors (Lipinski definition) is 0. The molecule has 0 aromatic heterocycles. The number of benzene rings is 1. The summed E-state index contributed by atoms with van der Waals surface area (Å²) in [5.41, 5.74) is -11.0. The third kappa shape index (κ3) is 3.98. The van der Waals surface area contributed by atoms with Crippen LogP contribution in [0.4, 0.5) is 26.3 Å². The lowest BCUT2D eigenvalue weighted by Crippen LogP contribution is -2.22. The van der Waals surface area contributed by atoms with Gasteiger partial charge in [-0.25, -0.2) is 9.69 Å². The summed E-state index contributed by atoms with van der Waals surface area (Å²) in [7, 11) is 0. The minimum Gasteiger partial charge on any atom is -0.405 e. The monoisotopic (exact) mass is 521 g/mol. The molecule has 0 saturated carbocycles. The Morgan fingerprint density at radius 2 is 1.18 bits per heavy atom. The molecule has 0 radical (unpaired) electrons. The zero-order valence-corrected chi connectivity index (χ0v) is 17.8. The van der Waals surface area contributed by atoms with E-state index in [2.05, 4.69) is 19.2 Å². The smallest absolute Gasteiger partial charge is 0.405 e. The molecule has 0 fully saturated rings. The molecule has 0 spiro atoms. The van der Waals surface area contributed by atoms with Gasteiger partial charge in [-0.3, -0.25) is 0 Å². The Hall–Kier alpha value is -6.21. The molecule has 3 rings (SSSR count). The van der Waals surface area contributed by atoms with E-state index in [9.17, 15) is 52.7 Å². The summed E-state index contributed by atoms with van der Waals surface area (Å²) in [5.74, 6) is -2.94. The Morgan fingerprint density at radius 3 is 1.58 bits per heavy atom. The lowest BCUT2D eigenvalue weighted by atomic mass is 9.90. The van der Waals surface area contributed by atoms with Gasteiger partial charge in [0, 0.05) is 33.4 Å². The van der Waals surface area contributed by atoms with Crippen LogP contribution < -0.4 is 9.47 Å². The zero-order chi connectivity index (χ0) is 28.6. The molecule has 38 heavy (non-hydrogen) atoms. The van der Waals surface area contributed by atoms with Crippen LogP contribution in [0.15, 0.2) is 23.0 Å². The van der Waals surface area contributed by atoms with Crippen molar-refractivity contribution < 1.29 is 35.8 Å². The van der Waals surface area contributed by atoms with E-state index in [1.165, 1.54) is 30.3 Å². The molecule has 1 aromatic carbocycles. The molecule has 9 nitrogen and oxygen atoms in total. The molecule has 0 saturated heterocycles. The molecule has 2 aliphatic carbocycles.